The van der Waals surface area contributed by atoms with Crippen LogP contribution in [-0.2, 0) is 16.8 Å². The summed E-state index contributed by atoms with van der Waals surface area (Å²) in [5.74, 6) is 1.10. The monoisotopic (exact) mass is 413 g/mol. The Morgan fingerprint density at radius 2 is 2.07 bits per heavy atom. The fourth-order valence-corrected chi connectivity index (χ4v) is 3.95. The number of halogens is 1. The molecule has 0 saturated carbocycles. The molecule has 3 heterocycles. The molecule has 1 saturated heterocycles. The molecule has 2 atom stereocenters. The molecular weight excluding hydrogens is 385 g/mol. The summed E-state index contributed by atoms with van der Waals surface area (Å²) in [6.07, 6.45) is 3.73. The van der Waals surface area contributed by atoms with Gasteiger partial charge in [-0.15, -0.1) is 5.10 Å². The van der Waals surface area contributed by atoms with Crippen LogP contribution in [0.5, 0.6) is 0 Å². The van der Waals surface area contributed by atoms with E-state index in [1.165, 1.54) is 6.07 Å². The van der Waals surface area contributed by atoms with Gasteiger partial charge in [0.05, 0.1) is 24.5 Å². The normalized spacial score (nSPS) is 18.2. The van der Waals surface area contributed by atoms with Gasteiger partial charge in [-0.1, -0.05) is 18.2 Å². The first kappa shape index (κ1) is 20.7. The second-order valence-electron chi connectivity index (χ2n) is 8.69. The van der Waals surface area contributed by atoms with E-state index in [0.717, 1.165) is 25.2 Å². The molecule has 1 fully saturated rings. The van der Waals surface area contributed by atoms with Crippen molar-refractivity contribution < 1.29 is 13.5 Å². The minimum Gasteiger partial charge on any atom is -0.468 e. The molecule has 0 unspecified atom stereocenters. The zero-order chi connectivity index (χ0) is 21.1. The Morgan fingerprint density at radius 3 is 2.73 bits per heavy atom. The first-order valence-corrected chi connectivity index (χ1v) is 10.3. The lowest BCUT2D eigenvalue weighted by molar-refractivity contribution is 0.0532. The Morgan fingerprint density at radius 1 is 1.23 bits per heavy atom. The molecule has 30 heavy (non-hydrogen) atoms. The van der Waals surface area contributed by atoms with Crippen molar-refractivity contribution in [1.82, 2.24) is 25.1 Å². The van der Waals surface area contributed by atoms with Crippen molar-refractivity contribution in [3.8, 4) is 0 Å². The molecule has 4 rings (SSSR count). The molecule has 160 valence electrons. The lowest BCUT2D eigenvalue weighted by Gasteiger charge is -2.34. The van der Waals surface area contributed by atoms with E-state index in [0.29, 0.717) is 24.5 Å². The van der Waals surface area contributed by atoms with Gasteiger partial charge in [0, 0.05) is 18.7 Å². The predicted octanol–water partition coefficient (Wildman–Crippen LogP) is 3.93. The zero-order valence-corrected chi connectivity index (χ0v) is 17.7. The first-order valence-electron chi connectivity index (χ1n) is 10.3. The van der Waals surface area contributed by atoms with Crippen molar-refractivity contribution in [2.45, 2.75) is 57.8 Å². The maximum Gasteiger partial charge on any atom is 0.173 e. The van der Waals surface area contributed by atoms with E-state index < -0.39 is 6.04 Å². The van der Waals surface area contributed by atoms with Crippen LogP contribution in [0, 0.1) is 5.82 Å². The summed E-state index contributed by atoms with van der Waals surface area (Å²) in [6, 6.07) is 10.1. The number of furan rings is 1. The van der Waals surface area contributed by atoms with Crippen LogP contribution >= 0.6 is 0 Å². The van der Waals surface area contributed by atoms with Crippen LogP contribution < -0.4 is 0 Å². The van der Waals surface area contributed by atoms with Crippen LogP contribution in [0.25, 0.3) is 0 Å². The summed E-state index contributed by atoms with van der Waals surface area (Å²) in [7, 11) is 0. The third-order valence-corrected chi connectivity index (χ3v) is 5.34. The highest BCUT2D eigenvalue weighted by molar-refractivity contribution is 5.27. The fraction of sp³-hybridized carbons (Fsp3) is 0.500. The van der Waals surface area contributed by atoms with E-state index in [1.54, 1.807) is 23.1 Å². The summed E-state index contributed by atoms with van der Waals surface area (Å²) in [5.41, 5.74) is 0.171. The highest BCUT2D eigenvalue weighted by atomic mass is 19.1. The summed E-state index contributed by atoms with van der Waals surface area (Å²) in [4.78, 5) is 2.15. The summed E-state index contributed by atoms with van der Waals surface area (Å²) >= 11 is 0. The molecule has 0 N–H and O–H groups in total. The molecule has 1 aromatic carbocycles. The van der Waals surface area contributed by atoms with Crippen LogP contribution in [0.3, 0.4) is 0 Å². The second kappa shape index (κ2) is 8.65. The van der Waals surface area contributed by atoms with E-state index in [4.69, 9.17) is 9.15 Å². The smallest absolute Gasteiger partial charge is 0.173 e. The van der Waals surface area contributed by atoms with Crippen molar-refractivity contribution >= 4 is 0 Å². The van der Waals surface area contributed by atoms with Crippen molar-refractivity contribution in [1.29, 1.82) is 0 Å². The Balaban J connectivity index is 1.81. The van der Waals surface area contributed by atoms with Gasteiger partial charge >= 0.3 is 0 Å². The van der Waals surface area contributed by atoms with Gasteiger partial charge < -0.3 is 9.15 Å². The Hall–Kier alpha value is -2.58. The van der Waals surface area contributed by atoms with Gasteiger partial charge in [0.25, 0.3) is 0 Å². The lowest BCUT2D eigenvalue weighted by Crippen LogP contribution is -2.39. The zero-order valence-electron chi connectivity index (χ0n) is 17.7. The number of hydrogen-bond acceptors (Lipinski definition) is 6. The van der Waals surface area contributed by atoms with Crippen LogP contribution in [0.15, 0.2) is 47.1 Å². The molecule has 0 aliphatic carbocycles. The SMILES string of the molecule is CC(C)(C)n1nnnc1[C@@H](c1ccccc1F)N(Cc1ccco1)C[C@@H]1CCCO1. The van der Waals surface area contributed by atoms with Gasteiger partial charge in [0.2, 0.25) is 0 Å². The quantitative estimate of drug-likeness (QED) is 0.585. The van der Waals surface area contributed by atoms with E-state index in [-0.39, 0.29) is 17.5 Å². The lowest BCUT2D eigenvalue weighted by atomic mass is 10.0. The summed E-state index contributed by atoms with van der Waals surface area (Å²) in [5, 5.41) is 12.5. The largest absolute Gasteiger partial charge is 0.468 e. The van der Waals surface area contributed by atoms with Crippen LogP contribution in [0.4, 0.5) is 4.39 Å². The molecule has 0 radical (unpaired) electrons. The Kier molecular flexibility index (Phi) is 5.97. The van der Waals surface area contributed by atoms with Crippen LogP contribution in [0.1, 0.15) is 56.8 Å². The highest BCUT2D eigenvalue weighted by Crippen LogP contribution is 2.33. The Labute approximate surface area is 175 Å². The van der Waals surface area contributed by atoms with E-state index in [2.05, 4.69) is 20.4 Å². The van der Waals surface area contributed by atoms with Crippen molar-refractivity contribution in [2.75, 3.05) is 13.2 Å². The van der Waals surface area contributed by atoms with E-state index >= 15 is 4.39 Å². The van der Waals surface area contributed by atoms with Crippen molar-refractivity contribution in [2.24, 2.45) is 0 Å². The third-order valence-electron chi connectivity index (χ3n) is 5.34. The number of benzene rings is 1. The number of hydrogen-bond donors (Lipinski definition) is 0. The van der Waals surface area contributed by atoms with Gasteiger partial charge in [-0.25, -0.2) is 9.07 Å². The first-order chi connectivity index (χ1) is 14.4. The maximum absolute atomic E-state index is 15.1. The average Bonchev–Trinajstić information content (AvgIpc) is 3.45. The number of rotatable bonds is 7. The third kappa shape index (κ3) is 4.44. The summed E-state index contributed by atoms with van der Waals surface area (Å²) in [6.45, 7) is 7.95. The van der Waals surface area contributed by atoms with Gasteiger partial charge in [-0.05, 0) is 62.2 Å². The number of nitrogens with zero attached hydrogens (tertiary/aromatic N) is 5. The molecule has 1 aliphatic rings. The molecule has 0 spiro atoms. The van der Waals surface area contributed by atoms with Crippen molar-refractivity contribution in [3.63, 3.8) is 0 Å². The molecule has 3 aromatic rings. The standard InChI is InChI=1S/C22H28FN5O2/c1-22(2,3)28-21(24-25-26-28)20(18-10-4-5-11-19(18)23)27(14-16-8-6-12-29-16)15-17-9-7-13-30-17/h4-6,8,10-12,17,20H,7,9,13-15H2,1-3H3/t17-,20+/m0/s1. The molecule has 7 nitrogen and oxygen atoms in total. The number of tetrazole rings is 1. The van der Waals surface area contributed by atoms with Gasteiger partial charge in [-0.2, -0.15) is 0 Å². The van der Waals surface area contributed by atoms with Gasteiger partial charge in [-0.3, -0.25) is 4.90 Å². The average molecular weight is 413 g/mol. The molecule has 8 heteroatoms. The van der Waals surface area contributed by atoms with Gasteiger partial charge in [0.1, 0.15) is 17.6 Å². The molecule has 0 amide bonds. The van der Waals surface area contributed by atoms with Crippen molar-refractivity contribution in [3.05, 3.63) is 65.6 Å². The van der Waals surface area contributed by atoms with Gasteiger partial charge in [0.15, 0.2) is 5.82 Å². The second-order valence-corrected chi connectivity index (χ2v) is 8.69. The fourth-order valence-electron chi connectivity index (χ4n) is 3.95. The topological polar surface area (TPSA) is 69.2 Å². The van der Waals surface area contributed by atoms with Crippen LogP contribution in [-0.4, -0.2) is 44.4 Å². The summed E-state index contributed by atoms with van der Waals surface area (Å²) < 4.78 is 28.4. The minimum absolute atomic E-state index is 0.0770. The molecule has 2 aromatic heterocycles. The number of aromatic nitrogens is 4. The highest BCUT2D eigenvalue weighted by Gasteiger charge is 2.35. The molecule has 0 bridgehead atoms. The Bertz CT molecular complexity index is 945. The minimum atomic E-state index is -0.491. The predicted molar refractivity (Wildman–Crippen MR) is 109 cm³/mol. The van der Waals surface area contributed by atoms with E-state index in [1.807, 2.05) is 39.0 Å². The number of ether oxygens (including phenoxy) is 1. The maximum atomic E-state index is 15.1. The van der Waals surface area contributed by atoms with Crippen LogP contribution in [0.2, 0.25) is 0 Å². The molecular formula is C22H28FN5O2. The van der Waals surface area contributed by atoms with E-state index in [9.17, 15) is 0 Å². The molecule has 1 aliphatic heterocycles.